The molecule has 0 aliphatic carbocycles. The Bertz CT molecular complexity index is 408. The second-order valence-corrected chi connectivity index (χ2v) is 4.88. The molecule has 0 spiro atoms. The topological polar surface area (TPSA) is 29.1 Å². The number of hydrogen-bond acceptors (Lipinski definition) is 2. The van der Waals surface area contributed by atoms with Gasteiger partial charge in [0.15, 0.2) is 0 Å². The van der Waals surface area contributed by atoms with Gasteiger partial charge in [0.2, 0.25) is 0 Å². The molecule has 0 fully saturated rings. The molecule has 86 valence electrons. The number of amides is 1. The van der Waals surface area contributed by atoms with Crippen molar-refractivity contribution in [3.05, 3.63) is 48.3 Å². The van der Waals surface area contributed by atoms with Crippen LogP contribution in [0, 0.1) is 5.82 Å². The first-order chi connectivity index (χ1) is 7.51. The number of hydrogen-bond donors (Lipinski definition) is 1. The number of benzene rings is 1. The van der Waals surface area contributed by atoms with Crippen molar-refractivity contribution >= 4 is 17.0 Å². The Morgan fingerprint density at radius 2 is 2.31 bits per heavy atom. The van der Waals surface area contributed by atoms with Crippen molar-refractivity contribution in [1.82, 2.24) is 5.32 Å². The van der Waals surface area contributed by atoms with Crippen LogP contribution < -0.4 is 5.32 Å². The standard InChI is InChI=1S/C12H14FNOS/c1-4-12(2,16-11(15)14-3)9-6-5-7-10(13)8-9/h4-8H,1H2,2-3H3,(H,14,15)/t12-/m1/s1. The smallest absolute Gasteiger partial charge is 0.279 e. The predicted octanol–water partition coefficient (Wildman–Crippen LogP) is 3.30. The lowest BCUT2D eigenvalue weighted by molar-refractivity contribution is 0.262. The van der Waals surface area contributed by atoms with Crippen molar-refractivity contribution in [2.75, 3.05) is 7.05 Å². The molecule has 0 aliphatic rings. The molecule has 1 N–H and O–H groups in total. The minimum Gasteiger partial charge on any atom is -0.350 e. The van der Waals surface area contributed by atoms with Crippen LogP contribution in [0.2, 0.25) is 0 Å². The Labute approximate surface area is 98.9 Å². The highest BCUT2D eigenvalue weighted by Gasteiger charge is 2.27. The van der Waals surface area contributed by atoms with Crippen molar-refractivity contribution in [1.29, 1.82) is 0 Å². The Kier molecular flexibility index (Phi) is 4.12. The van der Waals surface area contributed by atoms with Crippen molar-refractivity contribution in [3.63, 3.8) is 0 Å². The van der Waals surface area contributed by atoms with Gasteiger partial charge >= 0.3 is 0 Å². The molecule has 16 heavy (non-hydrogen) atoms. The summed E-state index contributed by atoms with van der Waals surface area (Å²) < 4.78 is 12.5. The van der Waals surface area contributed by atoms with E-state index in [1.54, 1.807) is 25.3 Å². The number of thioether (sulfide) groups is 1. The highest BCUT2D eigenvalue weighted by atomic mass is 32.2. The van der Waals surface area contributed by atoms with Crippen molar-refractivity contribution in [2.24, 2.45) is 0 Å². The molecule has 0 unspecified atom stereocenters. The molecule has 0 aromatic heterocycles. The average molecular weight is 239 g/mol. The number of nitrogens with one attached hydrogen (secondary N) is 1. The molecule has 0 bridgehead atoms. The van der Waals surface area contributed by atoms with Gasteiger partial charge in [-0.05, 0) is 36.4 Å². The molecular formula is C12H14FNOS. The van der Waals surface area contributed by atoms with Crippen LogP contribution in [0.3, 0.4) is 0 Å². The summed E-state index contributed by atoms with van der Waals surface area (Å²) in [5, 5.41) is 2.35. The minimum atomic E-state index is -0.623. The molecule has 1 aromatic rings. The van der Waals surface area contributed by atoms with Crippen molar-refractivity contribution in [3.8, 4) is 0 Å². The third-order valence-electron chi connectivity index (χ3n) is 2.30. The van der Waals surface area contributed by atoms with Gasteiger partial charge in [0.25, 0.3) is 5.24 Å². The number of carbonyl (C=O) groups excluding carboxylic acids is 1. The lowest BCUT2D eigenvalue weighted by Gasteiger charge is -2.24. The fourth-order valence-corrected chi connectivity index (χ4v) is 2.07. The largest absolute Gasteiger partial charge is 0.350 e. The first-order valence-electron chi connectivity index (χ1n) is 4.82. The van der Waals surface area contributed by atoms with Crippen LogP contribution in [0.15, 0.2) is 36.9 Å². The third-order valence-corrected chi connectivity index (χ3v) is 3.51. The predicted molar refractivity (Wildman–Crippen MR) is 66.0 cm³/mol. The molecule has 0 aliphatic heterocycles. The Morgan fingerprint density at radius 1 is 1.62 bits per heavy atom. The highest BCUT2D eigenvalue weighted by Crippen LogP contribution is 2.37. The molecule has 4 heteroatoms. The summed E-state index contributed by atoms with van der Waals surface area (Å²) in [5.74, 6) is -0.317. The summed E-state index contributed by atoms with van der Waals surface area (Å²) in [6.45, 7) is 5.53. The third kappa shape index (κ3) is 2.85. The van der Waals surface area contributed by atoms with Gasteiger partial charge in [0.05, 0.1) is 4.75 Å². The normalized spacial score (nSPS) is 13.9. The first-order valence-corrected chi connectivity index (χ1v) is 5.64. The Hall–Kier alpha value is -1.29. The lowest BCUT2D eigenvalue weighted by atomic mass is 10.0. The molecule has 0 radical (unpaired) electrons. The number of halogens is 1. The molecule has 1 atom stereocenters. The summed E-state index contributed by atoms with van der Waals surface area (Å²) in [7, 11) is 1.56. The van der Waals surface area contributed by atoms with E-state index in [1.807, 2.05) is 6.92 Å². The highest BCUT2D eigenvalue weighted by molar-refractivity contribution is 8.14. The lowest BCUT2D eigenvalue weighted by Crippen LogP contribution is -2.22. The zero-order valence-electron chi connectivity index (χ0n) is 9.29. The summed E-state index contributed by atoms with van der Waals surface area (Å²) in [4.78, 5) is 11.4. The van der Waals surface area contributed by atoms with Gasteiger partial charge in [-0.25, -0.2) is 4.39 Å². The average Bonchev–Trinajstić information content (AvgIpc) is 2.28. The zero-order valence-corrected chi connectivity index (χ0v) is 10.1. The molecule has 1 amide bonds. The van der Waals surface area contributed by atoms with E-state index in [1.165, 1.54) is 12.1 Å². The molecule has 0 saturated heterocycles. The molecular weight excluding hydrogens is 225 g/mol. The minimum absolute atomic E-state index is 0.174. The van der Waals surface area contributed by atoms with Gasteiger partial charge in [0.1, 0.15) is 5.82 Å². The quantitative estimate of drug-likeness (QED) is 0.820. The van der Waals surface area contributed by atoms with Crippen LogP contribution in [-0.4, -0.2) is 12.3 Å². The second kappa shape index (κ2) is 5.16. The Balaban J connectivity index is 3.04. The van der Waals surface area contributed by atoms with Crippen LogP contribution in [0.1, 0.15) is 12.5 Å². The number of rotatable bonds is 3. The van der Waals surface area contributed by atoms with E-state index in [0.717, 1.165) is 17.3 Å². The molecule has 0 heterocycles. The van der Waals surface area contributed by atoms with Gasteiger partial charge in [-0.1, -0.05) is 18.2 Å². The van der Waals surface area contributed by atoms with E-state index >= 15 is 0 Å². The van der Waals surface area contributed by atoms with Crippen LogP contribution in [0.5, 0.6) is 0 Å². The second-order valence-electron chi connectivity index (χ2n) is 3.46. The fourth-order valence-electron chi connectivity index (χ4n) is 1.26. The van der Waals surface area contributed by atoms with Gasteiger partial charge < -0.3 is 5.32 Å². The summed E-state index contributed by atoms with van der Waals surface area (Å²) in [6, 6.07) is 6.19. The van der Waals surface area contributed by atoms with Crippen LogP contribution >= 0.6 is 11.8 Å². The van der Waals surface area contributed by atoms with Crippen molar-refractivity contribution < 1.29 is 9.18 Å². The number of carbonyl (C=O) groups is 1. The molecule has 1 rings (SSSR count). The van der Waals surface area contributed by atoms with Crippen LogP contribution in [0.25, 0.3) is 0 Å². The van der Waals surface area contributed by atoms with E-state index in [0.29, 0.717) is 0 Å². The van der Waals surface area contributed by atoms with Gasteiger partial charge in [0, 0.05) is 7.05 Å². The Morgan fingerprint density at radius 3 is 2.81 bits per heavy atom. The summed E-state index contributed by atoms with van der Waals surface area (Å²) in [5.41, 5.74) is 0.719. The van der Waals surface area contributed by atoms with Gasteiger partial charge in [-0.2, -0.15) is 0 Å². The summed E-state index contributed by atoms with van der Waals surface area (Å²) in [6.07, 6.45) is 1.64. The van der Waals surface area contributed by atoms with E-state index in [2.05, 4.69) is 11.9 Å². The van der Waals surface area contributed by atoms with Crippen molar-refractivity contribution in [2.45, 2.75) is 11.7 Å². The van der Waals surface area contributed by atoms with E-state index in [4.69, 9.17) is 0 Å². The SMILES string of the molecule is C=C[C@@](C)(SC(=O)NC)c1cccc(F)c1. The maximum absolute atomic E-state index is 13.1. The van der Waals surface area contributed by atoms with E-state index in [9.17, 15) is 9.18 Å². The van der Waals surface area contributed by atoms with E-state index in [-0.39, 0.29) is 11.1 Å². The maximum Gasteiger partial charge on any atom is 0.279 e. The fraction of sp³-hybridized carbons (Fsp3) is 0.250. The molecule has 1 aromatic carbocycles. The zero-order chi connectivity index (χ0) is 12.2. The van der Waals surface area contributed by atoms with Gasteiger partial charge in [-0.15, -0.1) is 6.58 Å². The maximum atomic E-state index is 13.1. The van der Waals surface area contributed by atoms with Crippen LogP contribution in [-0.2, 0) is 4.75 Å². The van der Waals surface area contributed by atoms with Crippen LogP contribution in [0.4, 0.5) is 9.18 Å². The molecule has 0 saturated carbocycles. The molecule has 2 nitrogen and oxygen atoms in total. The van der Waals surface area contributed by atoms with Gasteiger partial charge in [-0.3, -0.25) is 4.79 Å². The monoisotopic (exact) mass is 239 g/mol. The van der Waals surface area contributed by atoms with E-state index < -0.39 is 4.75 Å². The first kappa shape index (κ1) is 12.8. The summed E-state index contributed by atoms with van der Waals surface area (Å²) >= 11 is 1.07.